The third-order valence-corrected chi connectivity index (χ3v) is 10.7. The summed E-state index contributed by atoms with van der Waals surface area (Å²) >= 11 is 0. The molecule has 0 amide bonds. The normalized spacial score (nSPS) is 36.6. The minimum absolute atomic E-state index is 0.729. The van der Waals surface area contributed by atoms with Crippen molar-refractivity contribution in [3.8, 4) is 0 Å². The van der Waals surface area contributed by atoms with Crippen molar-refractivity contribution in [2.24, 2.45) is 0 Å². The average Bonchev–Trinajstić information content (AvgIpc) is 2.87. The van der Waals surface area contributed by atoms with Gasteiger partial charge in [0.25, 0.3) is 0 Å². The molecule has 0 radical (unpaired) electrons. The average molecular weight is 471 g/mol. The molecule has 0 aromatic heterocycles. The first-order chi connectivity index (χ1) is 16.9. The Morgan fingerprint density at radius 2 is 0.941 bits per heavy atom. The topological polar surface area (TPSA) is 24.1 Å². The van der Waals surface area contributed by atoms with E-state index < -0.39 is 0 Å². The molecule has 196 valence electrons. The van der Waals surface area contributed by atoms with E-state index in [1.165, 1.54) is 154 Å². The fourth-order valence-electron chi connectivity index (χ4n) is 8.98. The highest BCUT2D eigenvalue weighted by Gasteiger charge is 2.50. The Labute approximate surface area is 214 Å². The van der Waals surface area contributed by atoms with Crippen LogP contribution < -0.4 is 10.6 Å². The van der Waals surface area contributed by atoms with Crippen LogP contribution in [0.1, 0.15) is 154 Å². The number of hydrogen-bond donors (Lipinski definition) is 2. The van der Waals surface area contributed by atoms with Crippen LogP contribution in [0.25, 0.3) is 0 Å². The van der Waals surface area contributed by atoms with Gasteiger partial charge < -0.3 is 10.6 Å². The first kappa shape index (κ1) is 27.0. The summed E-state index contributed by atoms with van der Waals surface area (Å²) in [5.41, 5.74) is 0. The van der Waals surface area contributed by atoms with Gasteiger partial charge in [-0.2, -0.15) is 0 Å². The molecule has 4 aliphatic rings. The highest BCUT2D eigenvalue weighted by molar-refractivity contribution is 6.64. The molecule has 5 unspecified atom stereocenters. The quantitative estimate of drug-likeness (QED) is 0.394. The van der Waals surface area contributed by atoms with Gasteiger partial charge in [0.2, 0.25) is 0 Å². The molecule has 0 aromatic rings. The van der Waals surface area contributed by atoms with Crippen molar-refractivity contribution < 1.29 is 0 Å². The molecule has 4 fully saturated rings. The van der Waals surface area contributed by atoms with Crippen molar-refractivity contribution in [2.45, 2.75) is 190 Å². The second-order valence-electron chi connectivity index (χ2n) is 12.9. The maximum Gasteiger partial charge on any atom is 0.155 e. The van der Waals surface area contributed by atoms with Crippen LogP contribution in [0.4, 0.5) is 0 Å². The molecule has 1 heterocycles. The van der Waals surface area contributed by atoms with Crippen LogP contribution in [0.15, 0.2) is 0 Å². The van der Waals surface area contributed by atoms with Crippen molar-refractivity contribution in [1.82, 2.24) is 10.6 Å². The molecule has 5 atom stereocenters. The monoisotopic (exact) mass is 470 g/mol. The first-order valence-corrected chi connectivity index (χ1v) is 16.3. The van der Waals surface area contributed by atoms with Gasteiger partial charge in [0.1, 0.15) is 0 Å². The van der Waals surface area contributed by atoms with Crippen LogP contribution in [0.2, 0.25) is 17.5 Å². The number of fused-ring (bicyclic) bond motifs is 2. The molecule has 0 aromatic carbocycles. The molecule has 3 heteroatoms. The van der Waals surface area contributed by atoms with E-state index in [9.17, 15) is 0 Å². The van der Waals surface area contributed by atoms with Crippen molar-refractivity contribution >= 4 is 6.71 Å². The standard InChI is InChI=1S/C31H59BN2/c1-33-29-24-18-12-7-13-19-25-30-31(29)32(26-20-14-8-3-2-4-9-15-21-26)27-22-16-10-5-6-11-17-23-28(27)34-30/h26-31,33-34H,2-25H2,1H3. The fourth-order valence-corrected chi connectivity index (χ4v) is 8.98. The maximum absolute atomic E-state index is 4.43. The van der Waals surface area contributed by atoms with E-state index in [2.05, 4.69) is 17.7 Å². The van der Waals surface area contributed by atoms with Gasteiger partial charge in [-0.05, 0) is 37.9 Å². The SMILES string of the molecule is CNC1CCCCCCCC2NC3CCCCCCCCC3B(C3CCCCCCCCC3)C12. The predicted octanol–water partition coefficient (Wildman–Crippen LogP) is 8.92. The summed E-state index contributed by atoms with van der Waals surface area (Å²) in [6, 6.07) is 2.30. The molecule has 0 spiro atoms. The second kappa shape index (κ2) is 15.3. The summed E-state index contributed by atoms with van der Waals surface area (Å²) in [6.07, 6.45) is 35.6. The smallest absolute Gasteiger partial charge is 0.155 e. The maximum atomic E-state index is 4.43. The lowest BCUT2D eigenvalue weighted by Gasteiger charge is -2.53. The van der Waals surface area contributed by atoms with Gasteiger partial charge in [-0.1, -0.05) is 141 Å². The van der Waals surface area contributed by atoms with Gasteiger partial charge >= 0.3 is 0 Å². The van der Waals surface area contributed by atoms with E-state index in [0.717, 1.165) is 42.3 Å². The van der Waals surface area contributed by atoms with Gasteiger partial charge in [0.15, 0.2) is 6.71 Å². The lowest BCUT2D eigenvalue weighted by Crippen LogP contribution is -2.62. The summed E-state index contributed by atoms with van der Waals surface area (Å²) in [7, 11) is 2.30. The largest absolute Gasteiger partial charge is 0.317 e. The molecule has 3 aliphatic carbocycles. The van der Waals surface area contributed by atoms with Crippen LogP contribution in [-0.2, 0) is 0 Å². The Bertz CT molecular complexity index is 530. The lowest BCUT2D eigenvalue weighted by atomic mass is 9.22. The van der Waals surface area contributed by atoms with Crippen molar-refractivity contribution in [2.75, 3.05) is 7.05 Å². The number of nitrogens with one attached hydrogen (secondary N) is 2. The van der Waals surface area contributed by atoms with Crippen LogP contribution in [0, 0.1) is 0 Å². The number of hydrogen-bond acceptors (Lipinski definition) is 2. The molecule has 0 bridgehead atoms. The molecule has 3 saturated carbocycles. The third-order valence-electron chi connectivity index (χ3n) is 10.7. The highest BCUT2D eigenvalue weighted by Crippen LogP contribution is 2.50. The Morgan fingerprint density at radius 3 is 1.50 bits per heavy atom. The minimum Gasteiger partial charge on any atom is -0.317 e. The van der Waals surface area contributed by atoms with Crippen LogP contribution in [-0.4, -0.2) is 31.9 Å². The Balaban J connectivity index is 1.64. The molecule has 2 nitrogen and oxygen atoms in total. The third kappa shape index (κ3) is 7.74. The summed E-state index contributed by atoms with van der Waals surface area (Å²) in [5.74, 6) is 2.79. The summed E-state index contributed by atoms with van der Waals surface area (Å²) < 4.78 is 0. The van der Waals surface area contributed by atoms with Crippen molar-refractivity contribution in [3.05, 3.63) is 0 Å². The van der Waals surface area contributed by atoms with E-state index >= 15 is 0 Å². The van der Waals surface area contributed by atoms with Gasteiger partial charge in [-0.3, -0.25) is 0 Å². The highest BCUT2D eigenvalue weighted by atomic mass is 15.0. The van der Waals surface area contributed by atoms with Crippen LogP contribution in [0.5, 0.6) is 0 Å². The zero-order valence-corrected chi connectivity index (χ0v) is 23.0. The predicted molar refractivity (Wildman–Crippen MR) is 151 cm³/mol. The molecular weight excluding hydrogens is 411 g/mol. The first-order valence-electron chi connectivity index (χ1n) is 16.3. The van der Waals surface area contributed by atoms with Crippen LogP contribution in [0.3, 0.4) is 0 Å². The summed E-state index contributed by atoms with van der Waals surface area (Å²) in [4.78, 5) is 0. The van der Waals surface area contributed by atoms with Crippen molar-refractivity contribution in [1.29, 1.82) is 0 Å². The zero-order valence-electron chi connectivity index (χ0n) is 23.0. The van der Waals surface area contributed by atoms with E-state index in [1.54, 1.807) is 0 Å². The molecule has 1 saturated heterocycles. The second-order valence-corrected chi connectivity index (χ2v) is 12.9. The van der Waals surface area contributed by atoms with Crippen molar-refractivity contribution in [3.63, 3.8) is 0 Å². The number of rotatable bonds is 2. The summed E-state index contributed by atoms with van der Waals surface area (Å²) in [6.45, 7) is 0.965. The molecule has 1 aliphatic heterocycles. The fraction of sp³-hybridized carbons (Fsp3) is 1.00. The Morgan fingerprint density at radius 1 is 0.500 bits per heavy atom. The van der Waals surface area contributed by atoms with E-state index in [4.69, 9.17) is 0 Å². The molecule has 2 N–H and O–H groups in total. The lowest BCUT2D eigenvalue weighted by molar-refractivity contribution is 0.261. The van der Waals surface area contributed by atoms with Gasteiger partial charge in [-0.15, -0.1) is 0 Å². The minimum atomic E-state index is 0.729. The Hall–Kier alpha value is -0.0151. The van der Waals surface area contributed by atoms with E-state index in [1.807, 2.05) is 0 Å². The molecule has 4 rings (SSSR count). The zero-order chi connectivity index (χ0) is 23.4. The van der Waals surface area contributed by atoms with Gasteiger partial charge in [0, 0.05) is 18.1 Å². The molecular formula is C31H59BN2. The summed E-state index contributed by atoms with van der Waals surface area (Å²) in [5, 5.41) is 8.38. The Kier molecular flexibility index (Phi) is 12.2. The van der Waals surface area contributed by atoms with Gasteiger partial charge in [0.05, 0.1) is 0 Å². The van der Waals surface area contributed by atoms with E-state index in [-0.39, 0.29) is 0 Å². The molecule has 34 heavy (non-hydrogen) atoms. The van der Waals surface area contributed by atoms with Crippen LogP contribution >= 0.6 is 0 Å². The van der Waals surface area contributed by atoms with E-state index in [0.29, 0.717) is 0 Å². The van der Waals surface area contributed by atoms with Gasteiger partial charge in [-0.25, -0.2) is 0 Å².